The Bertz CT molecular complexity index is 3880. The summed E-state index contributed by atoms with van der Waals surface area (Å²) in [5.74, 6) is 0. The summed E-state index contributed by atoms with van der Waals surface area (Å²) < 4.78 is 0. The molecule has 9 radical (unpaired) electrons. The molecule has 9 heteroatoms. The molecule has 0 saturated heterocycles. The molecule has 0 aliphatic rings. The van der Waals surface area contributed by atoms with Crippen molar-refractivity contribution in [2.45, 2.75) is 0 Å². The Morgan fingerprint density at radius 3 is 1.75 bits per heavy atom. The third-order valence-electron chi connectivity index (χ3n) is 12.8. The van der Waals surface area contributed by atoms with Crippen LogP contribution in [-0.2, 0) is 0 Å². The lowest BCUT2D eigenvalue weighted by molar-refractivity contribution is 1.49. The number of benzene rings is 10. The van der Waals surface area contributed by atoms with E-state index in [1.807, 2.05) is 24.3 Å². The van der Waals surface area contributed by atoms with Gasteiger partial charge in [0.15, 0.2) is 5.69 Å². The van der Waals surface area contributed by atoms with Crippen molar-refractivity contribution in [2.75, 3.05) is 0 Å². The Morgan fingerprint density at radius 1 is 0.460 bits per heavy atom. The van der Waals surface area contributed by atoms with Crippen LogP contribution in [0.2, 0.25) is 0 Å². The molecular formula is C54H28B7N2. The highest BCUT2D eigenvalue weighted by molar-refractivity contribution is 7.81. The van der Waals surface area contributed by atoms with Crippen LogP contribution in [-0.4, -0.2) is 50.8 Å². The number of fused-ring (bicyclic) bond motifs is 9. The summed E-state index contributed by atoms with van der Waals surface area (Å²) in [5, 5.41) is 29.5. The second kappa shape index (κ2) is 15.2. The van der Waals surface area contributed by atoms with Gasteiger partial charge in [0.25, 0.3) is 0 Å². The van der Waals surface area contributed by atoms with E-state index < -0.39 is 6.39 Å². The van der Waals surface area contributed by atoms with Crippen LogP contribution < -0.4 is 0 Å². The molecule has 0 aromatic heterocycles. The summed E-state index contributed by atoms with van der Waals surface area (Å²) in [5.41, 5.74) is 7.95. The molecule has 2 nitrogen and oxygen atoms in total. The third-order valence-corrected chi connectivity index (χ3v) is 12.8. The van der Waals surface area contributed by atoms with Crippen LogP contribution in [0.25, 0.3) is 124 Å². The predicted molar refractivity (Wildman–Crippen MR) is 276 cm³/mol. The van der Waals surface area contributed by atoms with E-state index in [-0.39, 0.29) is 6.39 Å². The maximum atomic E-state index is 10.2. The van der Waals surface area contributed by atoms with E-state index in [0.717, 1.165) is 33.0 Å². The van der Waals surface area contributed by atoms with E-state index in [2.05, 4.69) is 157 Å². The Labute approximate surface area is 372 Å². The van der Waals surface area contributed by atoms with Crippen LogP contribution in [0.5, 0.6) is 0 Å². The van der Waals surface area contributed by atoms with Crippen molar-refractivity contribution >= 4 is 143 Å². The number of hydrogen-bond donors (Lipinski definition) is 0. The van der Waals surface area contributed by atoms with Crippen molar-refractivity contribution in [2.24, 2.45) is 0 Å². The summed E-state index contributed by atoms with van der Waals surface area (Å²) in [7, 11) is 21.6. The van der Waals surface area contributed by atoms with Crippen LogP contribution in [0.4, 0.5) is 5.69 Å². The van der Waals surface area contributed by atoms with Crippen LogP contribution in [0.1, 0.15) is 5.56 Å². The molecule has 12 aromatic rings. The largest absolute Gasteiger partial charge is 0.238 e. The molecule has 0 unspecified atom stereocenters. The first-order chi connectivity index (χ1) is 30.9. The van der Waals surface area contributed by atoms with Gasteiger partial charge < -0.3 is 0 Å². The number of hydrogen-bond acceptors (Lipinski definition) is 1. The highest BCUT2D eigenvalue weighted by Gasteiger charge is 2.27. The molecule has 0 amide bonds. The smallest absolute Gasteiger partial charge is 0.187 e. The van der Waals surface area contributed by atoms with Crippen molar-refractivity contribution in [3.8, 4) is 39.4 Å². The lowest BCUT2D eigenvalue weighted by Crippen LogP contribution is -2.43. The van der Waals surface area contributed by atoms with Gasteiger partial charge in [-0.25, -0.2) is 4.85 Å². The van der Waals surface area contributed by atoms with Gasteiger partial charge in [0.2, 0.25) is 0 Å². The van der Waals surface area contributed by atoms with Gasteiger partial charge in [-0.05, 0) is 144 Å². The topological polar surface area (TPSA) is 28.1 Å². The van der Waals surface area contributed by atoms with Gasteiger partial charge in [0.1, 0.15) is 0 Å². The molecule has 0 aliphatic carbocycles. The highest BCUT2D eigenvalue weighted by Crippen LogP contribution is 2.55. The Kier molecular flexibility index (Phi) is 9.33. The van der Waals surface area contributed by atoms with Crippen LogP contribution in [0, 0.1) is 17.9 Å². The quantitative estimate of drug-likeness (QED) is 0.0971. The van der Waals surface area contributed by atoms with E-state index in [0.29, 0.717) is 11.3 Å². The Hall–Kier alpha value is -7.33. The monoisotopic (exact) mass is 781 g/mol. The molecule has 0 fully saturated rings. The summed E-state index contributed by atoms with van der Waals surface area (Å²) in [6, 6.07) is 63.1. The molecule has 0 saturated carbocycles. The molecule has 275 valence electrons. The number of nitriles is 1. The van der Waals surface area contributed by atoms with Gasteiger partial charge in [-0.15, -0.1) is 0 Å². The summed E-state index contributed by atoms with van der Waals surface area (Å²) in [6.45, 7) is 8.02. The number of rotatable bonds is 5. The first-order valence-corrected chi connectivity index (χ1v) is 20.9. The van der Waals surface area contributed by atoms with Gasteiger partial charge in [-0.1, -0.05) is 146 Å². The molecule has 63 heavy (non-hydrogen) atoms. The molecule has 0 aliphatic heterocycles. The average Bonchev–Trinajstić information content (AvgIpc) is 3.84. The molecule has 0 bridgehead atoms. The average molecular weight is 781 g/mol. The molecular weight excluding hydrogens is 752 g/mol. The summed E-state index contributed by atoms with van der Waals surface area (Å²) in [4.78, 5) is 3.90. The Balaban J connectivity index is 0.000000589. The zero-order valence-electron chi connectivity index (χ0n) is 34.1. The van der Waals surface area contributed by atoms with Gasteiger partial charge in [0, 0.05) is 50.8 Å². The van der Waals surface area contributed by atoms with Crippen LogP contribution in [0.3, 0.4) is 0 Å². The summed E-state index contributed by atoms with van der Waals surface area (Å²) in [6.07, 6.45) is -0.926. The van der Waals surface area contributed by atoms with Crippen LogP contribution >= 0.6 is 0 Å². The standard InChI is InChI=1S/C54H28N2.B7/c1-56-35-16-7-15-34(28-35)48-47-29-46-39-19-5-4-18-38(39)41-21-9-23-43(51(41)46)52(47)49(33-14-6-11-31(27-33)30-55)54-45-26-25-40(42-22-10-24-44(50(42)45)53(48)54)37-20-8-13-32-12-2-3-17-36(32)37;1-5-7(4)6(2)3/h2-29H;. The molecule has 0 atom stereocenters. The van der Waals surface area contributed by atoms with Gasteiger partial charge >= 0.3 is 0 Å². The first-order valence-electron chi connectivity index (χ1n) is 20.9. The number of nitrogens with zero attached hydrogens (tertiary/aromatic N) is 2. The molecule has 12 rings (SSSR count). The highest BCUT2D eigenvalue weighted by atomic mass is 14.6. The fraction of sp³-hybridized carbons (Fsp3) is 0. The zero-order valence-corrected chi connectivity index (χ0v) is 34.1. The third kappa shape index (κ3) is 5.95. The van der Waals surface area contributed by atoms with Gasteiger partial charge in [-0.2, -0.15) is 5.26 Å². The van der Waals surface area contributed by atoms with Crippen molar-refractivity contribution in [1.82, 2.24) is 0 Å². The van der Waals surface area contributed by atoms with Crippen LogP contribution in [0.15, 0.2) is 170 Å². The molecule has 0 heterocycles. The minimum absolute atomic E-state index is 0.389. The minimum Gasteiger partial charge on any atom is -0.238 e. The first kappa shape index (κ1) is 38.6. The van der Waals surface area contributed by atoms with E-state index in [9.17, 15) is 5.26 Å². The molecule has 12 aromatic carbocycles. The SMILES string of the molecule is [B][B]B([B])B([B])[B].[C-]#[N+]c1cccc(-c2c3cc4c5ccccc5c5cccc(c3c(-c3cccc(C#N)c3)c3c6ccc(-c7cccc8ccccc78)c7cccc(c23)c76)c54)c1. The molecule has 0 spiro atoms. The predicted octanol–water partition coefficient (Wildman–Crippen LogP) is 12.5. The van der Waals surface area contributed by atoms with E-state index in [1.54, 1.807) is 0 Å². The lowest BCUT2D eigenvalue weighted by atomic mass is 8.76. The van der Waals surface area contributed by atoms with Gasteiger partial charge in [0.05, 0.1) is 18.2 Å². The maximum absolute atomic E-state index is 10.2. The zero-order chi connectivity index (χ0) is 42.9. The maximum Gasteiger partial charge on any atom is 0.187 e. The van der Waals surface area contributed by atoms with Crippen molar-refractivity contribution in [1.29, 1.82) is 5.26 Å². The fourth-order valence-corrected chi connectivity index (χ4v) is 10.1. The second-order valence-corrected chi connectivity index (χ2v) is 16.2. The molecule has 0 N–H and O–H groups in total. The van der Waals surface area contributed by atoms with E-state index >= 15 is 0 Å². The fourth-order valence-electron chi connectivity index (χ4n) is 10.1. The second-order valence-electron chi connectivity index (χ2n) is 16.2. The van der Waals surface area contributed by atoms with Crippen molar-refractivity contribution < 1.29 is 0 Å². The van der Waals surface area contributed by atoms with E-state index in [1.165, 1.54) is 93.6 Å². The Morgan fingerprint density at radius 2 is 1.02 bits per heavy atom. The van der Waals surface area contributed by atoms with Gasteiger partial charge in [-0.3, -0.25) is 0 Å². The van der Waals surface area contributed by atoms with Crippen molar-refractivity contribution in [3.63, 3.8) is 0 Å². The van der Waals surface area contributed by atoms with E-state index in [4.69, 9.17) is 37.5 Å². The normalized spacial score (nSPS) is 11.4. The lowest BCUT2D eigenvalue weighted by Gasteiger charge is -2.19. The van der Waals surface area contributed by atoms with Crippen molar-refractivity contribution in [3.05, 3.63) is 187 Å². The summed E-state index contributed by atoms with van der Waals surface area (Å²) >= 11 is 0. The minimum atomic E-state index is -0.537.